The van der Waals surface area contributed by atoms with Crippen LogP contribution in [0.2, 0.25) is 5.02 Å². The van der Waals surface area contributed by atoms with E-state index in [9.17, 15) is 0 Å². The van der Waals surface area contributed by atoms with Crippen LogP contribution in [-0.2, 0) is 12.8 Å². The van der Waals surface area contributed by atoms with Crippen molar-refractivity contribution in [2.75, 3.05) is 0 Å². The van der Waals surface area contributed by atoms with Crippen molar-refractivity contribution in [3.05, 3.63) is 106 Å². The summed E-state index contributed by atoms with van der Waals surface area (Å²) in [7, 11) is 0. The summed E-state index contributed by atoms with van der Waals surface area (Å²) < 4.78 is 0. The van der Waals surface area contributed by atoms with Crippen molar-refractivity contribution in [2.24, 2.45) is 5.92 Å². The van der Waals surface area contributed by atoms with Crippen LogP contribution in [0.25, 0.3) is 0 Å². The molecule has 1 fully saturated rings. The SMILES string of the molecule is CC(Cc1ccc(C2CCC(CCc3ccc(Cl)cc3)CC2)cc1)c1ccccc1. The summed E-state index contributed by atoms with van der Waals surface area (Å²) in [5.74, 6) is 2.19. The second-order valence-electron chi connectivity index (χ2n) is 9.14. The zero-order chi connectivity index (χ0) is 20.8. The number of halogens is 1. The Morgan fingerprint density at radius 3 is 2.07 bits per heavy atom. The Labute approximate surface area is 187 Å². The molecule has 0 heterocycles. The molecule has 0 saturated heterocycles. The monoisotopic (exact) mass is 416 g/mol. The summed E-state index contributed by atoms with van der Waals surface area (Å²) in [5, 5.41) is 0.833. The minimum absolute atomic E-state index is 0.563. The summed E-state index contributed by atoms with van der Waals surface area (Å²) in [5.41, 5.74) is 5.84. The van der Waals surface area contributed by atoms with E-state index >= 15 is 0 Å². The van der Waals surface area contributed by atoms with Gasteiger partial charge in [0, 0.05) is 5.02 Å². The van der Waals surface area contributed by atoms with E-state index < -0.39 is 0 Å². The summed E-state index contributed by atoms with van der Waals surface area (Å²) in [6.45, 7) is 2.33. The van der Waals surface area contributed by atoms with E-state index in [0.717, 1.165) is 23.3 Å². The lowest BCUT2D eigenvalue weighted by molar-refractivity contribution is 0.310. The molecular weight excluding hydrogens is 384 g/mol. The smallest absolute Gasteiger partial charge is 0.0406 e. The van der Waals surface area contributed by atoms with E-state index in [1.165, 1.54) is 55.2 Å². The summed E-state index contributed by atoms with van der Waals surface area (Å²) >= 11 is 6.00. The predicted molar refractivity (Wildman–Crippen MR) is 129 cm³/mol. The second-order valence-corrected chi connectivity index (χ2v) is 9.58. The highest BCUT2D eigenvalue weighted by Crippen LogP contribution is 2.37. The van der Waals surface area contributed by atoms with Crippen LogP contribution in [0.1, 0.15) is 73.1 Å². The zero-order valence-electron chi connectivity index (χ0n) is 18.1. The Hall–Kier alpha value is -2.05. The lowest BCUT2D eigenvalue weighted by Crippen LogP contribution is -2.14. The molecular formula is C29H33Cl. The van der Waals surface area contributed by atoms with E-state index in [-0.39, 0.29) is 0 Å². The molecule has 3 aromatic rings. The average Bonchev–Trinajstić information content (AvgIpc) is 2.80. The molecule has 1 unspecified atom stereocenters. The van der Waals surface area contributed by atoms with Gasteiger partial charge in [0.15, 0.2) is 0 Å². The van der Waals surface area contributed by atoms with Crippen molar-refractivity contribution in [3.8, 4) is 0 Å². The molecule has 1 atom stereocenters. The van der Waals surface area contributed by atoms with Gasteiger partial charge in [-0.2, -0.15) is 0 Å². The fourth-order valence-corrected chi connectivity index (χ4v) is 5.11. The Kier molecular flexibility index (Phi) is 7.28. The molecule has 3 aromatic carbocycles. The fraction of sp³-hybridized carbons (Fsp3) is 0.379. The van der Waals surface area contributed by atoms with Gasteiger partial charge in [0.2, 0.25) is 0 Å². The number of rotatable bonds is 7. The molecule has 1 heteroatoms. The Morgan fingerprint density at radius 2 is 1.40 bits per heavy atom. The van der Waals surface area contributed by atoms with Crippen LogP contribution in [0.15, 0.2) is 78.9 Å². The van der Waals surface area contributed by atoms with Crippen molar-refractivity contribution in [2.45, 2.75) is 63.7 Å². The molecule has 0 bridgehead atoms. The molecule has 1 saturated carbocycles. The van der Waals surface area contributed by atoms with Crippen LogP contribution >= 0.6 is 11.6 Å². The fourth-order valence-electron chi connectivity index (χ4n) is 4.99. The van der Waals surface area contributed by atoms with Crippen molar-refractivity contribution in [1.29, 1.82) is 0 Å². The summed E-state index contributed by atoms with van der Waals surface area (Å²) in [4.78, 5) is 0. The standard InChI is InChI=1S/C29H33Cl/c1-22(26-5-3-2-4-6-26)21-25-11-17-28(18-12-25)27-15-9-23(10-16-27)7-8-24-13-19-29(30)20-14-24/h2-6,11-14,17-20,22-23,27H,7-10,15-16,21H2,1H3. The van der Waals surface area contributed by atoms with E-state index in [1.54, 1.807) is 5.56 Å². The largest absolute Gasteiger partial charge is 0.0843 e. The number of hydrogen-bond donors (Lipinski definition) is 0. The zero-order valence-corrected chi connectivity index (χ0v) is 18.8. The second kappa shape index (κ2) is 10.3. The van der Waals surface area contributed by atoms with Gasteiger partial charge in [-0.25, -0.2) is 0 Å². The molecule has 0 N–H and O–H groups in total. The molecule has 1 aliphatic rings. The minimum Gasteiger partial charge on any atom is -0.0843 e. The van der Waals surface area contributed by atoms with E-state index in [0.29, 0.717) is 5.92 Å². The van der Waals surface area contributed by atoms with Gasteiger partial charge in [-0.15, -0.1) is 0 Å². The predicted octanol–water partition coefficient (Wildman–Crippen LogP) is 8.59. The highest BCUT2D eigenvalue weighted by Gasteiger charge is 2.22. The average molecular weight is 417 g/mol. The van der Waals surface area contributed by atoms with E-state index in [4.69, 9.17) is 11.6 Å². The highest BCUT2D eigenvalue weighted by atomic mass is 35.5. The molecule has 0 nitrogen and oxygen atoms in total. The van der Waals surface area contributed by atoms with Gasteiger partial charge in [-0.05, 0) is 97.1 Å². The molecule has 0 aromatic heterocycles. The van der Waals surface area contributed by atoms with Gasteiger partial charge in [-0.3, -0.25) is 0 Å². The third-order valence-corrected chi connectivity index (χ3v) is 7.21. The van der Waals surface area contributed by atoms with Crippen molar-refractivity contribution in [3.63, 3.8) is 0 Å². The van der Waals surface area contributed by atoms with Crippen molar-refractivity contribution < 1.29 is 0 Å². The van der Waals surface area contributed by atoms with Crippen LogP contribution in [0.4, 0.5) is 0 Å². The highest BCUT2D eigenvalue weighted by molar-refractivity contribution is 6.30. The topological polar surface area (TPSA) is 0 Å². The van der Waals surface area contributed by atoms with Gasteiger partial charge >= 0.3 is 0 Å². The first kappa shape index (κ1) is 21.2. The molecule has 0 spiro atoms. The lowest BCUT2D eigenvalue weighted by Gasteiger charge is -2.29. The van der Waals surface area contributed by atoms with Gasteiger partial charge < -0.3 is 0 Å². The maximum Gasteiger partial charge on any atom is 0.0406 e. The summed E-state index contributed by atoms with van der Waals surface area (Å²) in [6, 6.07) is 28.7. The number of benzene rings is 3. The quantitative estimate of drug-likeness (QED) is 0.361. The first-order chi connectivity index (χ1) is 14.7. The van der Waals surface area contributed by atoms with Crippen molar-refractivity contribution in [1.82, 2.24) is 0 Å². The number of aryl methyl sites for hydroxylation is 1. The lowest BCUT2D eigenvalue weighted by atomic mass is 9.76. The van der Waals surface area contributed by atoms with Crippen molar-refractivity contribution >= 4 is 11.6 Å². The third-order valence-electron chi connectivity index (χ3n) is 6.96. The minimum atomic E-state index is 0.563. The Morgan fingerprint density at radius 1 is 0.767 bits per heavy atom. The Balaban J connectivity index is 1.25. The molecule has 0 aliphatic heterocycles. The van der Waals surface area contributed by atoms with E-state index in [1.807, 2.05) is 12.1 Å². The van der Waals surface area contributed by atoms with Gasteiger partial charge in [0.05, 0.1) is 0 Å². The van der Waals surface area contributed by atoms with Crippen LogP contribution in [0.3, 0.4) is 0 Å². The molecule has 0 amide bonds. The van der Waals surface area contributed by atoms with Crippen LogP contribution in [0.5, 0.6) is 0 Å². The molecule has 156 valence electrons. The Bertz CT molecular complexity index is 887. The first-order valence-electron chi connectivity index (χ1n) is 11.6. The van der Waals surface area contributed by atoms with Crippen LogP contribution in [0, 0.1) is 5.92 Å². The van der Waals surface area contributed by atoms with Gasteiger partial charge in [-0.1, -0.05) is 85.3 Å². The molecule has 4 rings (SSSR count). The molecule has 1 aliphatic carbocycles. The maximum absolute atomic E-state index is 6.00. The first-order valence-corrected chi connectivity index (χ1v) is 11.9. The number of hydrogen-bond acceptors (Lipinski definition) is 0. The third kappa shape index (κ3) is 5.76. The normalized spacial score (nSPS) is 20.1. The summed E-state index contributed by atoms with van der Waals surface area (Å²) in [6.07, 6.45) is 9.01. The molecule has 30 heavy (non-hydrogen) atoms. The van der Waals surface area contributed by atoms with Gasteiger partial charge in [0.25, 0.3) is 0 Å². The van der Waals surface area contributed by atoms with Gasteiger partial charge in [0.1, 0.15) is 0 Å². The van der Waals surface area contributed by atoms with E-state index in [2.05, 4.69) is 73.7 Å². The van der Waals surface area contributed by atoms with Crippen LogP contribution in [-0.4, -0.2) is 0 Å². The van der Waals surface area contributed by atoms with Crippen LogP contribution < -0.4 is 0 Å². The molecule has 0 radical (unpaired) electrons. The maximum atomic E-state index is 6.00.